The maximum absolute atomic E-state index is 13.8. The lowest BCUT2D eigenvalue weighted by atomic mass is 10.0. The number of pyridine rings is 3. The molecule has 0 aliphatic rings. The van der Waals surface area contributed by atoms with E-state index in [1.54, 1.807) is 36.8 Å². The van der Waals surface area contributed by atoms with Crippen molar-refractivity contribution in [3.8, 4) is 6.07 Å². The first-order valence-corrected chi connectivity index (χ1v) is 11.6. The Bertz CT molecular complexity index is 1650. The van der Waals surface area contributed by atoms with Gasteiger partial charge in [-0.25, -0.2) is 18.4 Å². The number of benzene rings is 1. The highest BCUT2D eigenvalue weighted by Crippen LogP contribution is 2.36. The molecule has 5 rings (SSSR count). The molecule has 2 N–H and O–H groups in total. The van der Waals surface area contributed by atoms with Crippen molar-refractivity contribution in [2.24, 2.45) is 0 Å². The van der Waals surface area contributed by atoms with Gasteiger partial charge in [0.2, 0.25) is 5.95 Å². The summed E-state index contributed by atoms with van der Waals surface area (Å²) in [7, 11) is 0. The van der Waals surface area contributed by atoms with Crippen LogP contribution >= 0.6 is 11.6 Å². The molecule has 0 radical (unpaired) electrons. The van der Waals surface area contributed by atoms with Crippen molar-refractivity contribution in [2.75, 3.05) is 17.3 Å². The summed E-state index contributed by atoms with van der Waals surface area (Å²) in [6.07, 6.45) is 7.36. The molecular weight excluding hydrogens is 519 g/mol. The highest BCUT2D eigenvalue weighted by atomic mass is 35.5. The molecule has 1 unspecified atom stereocenters. The second-order valence-electron chi connectivity index (χ2n) is 8.09. The summed E-state index contributed by atoms with van der Waals surface area (Å²) in [6, 6.07) is 9.41. The molecule has 0 aliphatic heterocycles. The molecule has 0 bridgehead atoms. The molecule has 0 spiro atoms. The van der Waals surface area contributed by atoms with Crippen LogP contribution in [0, 0.1) is 23.1 Å². The Kier molecular flexibility index (Phi) is 7.01. The Morgan fingerprint density at radius 1 is 1.11 bits per heavy atom. The smallest absolute Gasteiger partial charge is 0.249 e. The van der Waals surface area contributed by atoms with Gasteiger partial charge in [-0.1, -0.05) is 22.9 Å². The van der Waals surface area contributed by atoms with Crippen LogP contribution < -0.4 is 10.6 Å². The van der Waals surface area contributed by atoms with E-state index >= 15 is 0 Å². The van der Waals surface area contributed by atoms with E-state index in [0.717, 1.165) is 17.8 Å². The van der Waals surface area contributed by atoms with Crippen LogP contribution in [0.4, 0.5) is 30.2 Å². The molecule has 5 aromatic rings. The van der Waals surface area contributed by atoms with Gasteiger partial charge >= 0.3 is 0 Å². The lowest BCUT2D eigenvalue weighted by Gasteiger charge is -2.19. The normalized spacial score (nSPS) is 11.8. The van der Waals surface area contributed by atoms with Gasteiger partial charge in [-0.15, -0.1) is 5.10 Å². The minimum Gasteiger partial charge on any atom is -0.373 e. The fraction of sp³-hybridized carbons (Fsp3) is 0.120. The Hall–Kier alpha value is -4.76. The van der Waals surface area contributed by atoms with E-state index in [1.807, 2.05) is 12.1 Å². The Balaban J connectivity index is 1.60. The molecule has 13 heteroatoms. The van der Waals surface area contributed by atoms with Gasteiger partial charge in [0, 0.05) is 35.7 Å². The van der Waals surface area contributed by atoms with Crippen LogP contribution in [-0.2, 0) is 6.54 Å². The molecule has 9 nitrogen and oxygen atoms in total. The van der Waals surface area contributed by atoms with E-state index in [2.05, 4.69) is 35.9 Å². The third kappa shape index (κ3) is 5.05. The molecule has 0 amide bonds. The van der Waals surface area contributed by atoms with E-state index in [1.165, 1.54) is 10.9 Å². The molecule has 0 saturated heterocycles. The van der Waals surface area contributed by atoms with E-state index < -0.39 is 24.5 Å². The molecule has 1 aromatic carbocycles. The second-order valence-corrected chi connectivity index (χ2v) is 8.50. The number of aromatic nitrogens is 6. The van der Waals surface area contributed by atoms with Gasteiger partial charge in [0.15, 0.2) is 5.82 Å². The van der Waals surface area contributed by atoms with Crippen molar-refractivity contribution < 1.29 is 13.2 Å². The monoisotopic (exact) mass is 535 g/mol. The van der Waals surface area contributed by atoms with E-state index in [-0.39, 0.29) is 28.5 Å². The molecule has 190 valence electrons. The minimum atomic E-state index is -1.24. The van der Waals surface area contributed by atoms with Crippen LogP contribution in [0.5, 0.6) is 0 Å². The predicted molar refractivity (Wildman–Crippen MR) is 135 cm³/mol. The number of rotatable bonds is 8. The van der Waals surface area contributed by atoms with Gasteiger partial charge < -0.3 is 10.6 Å². The molecule has 0 fully saturated rings. The standard InChI is InChI=1S/C25H17ClF3N9/c26-19-7-16(34-23(14-2-1-4-31-10-14)21-13-38(5-3-27)37-36-21)6-18-22(15(9-30)11-32-24(18)19)35-17-8-20(28)25(29)33-12-17/h1-2,4,6-8,10-13,23,34H,3,5H2,(H,32,35). The molecule has 4 aromatic heterocycles. The van der Waals surface area contributed by atoms with Crippen LogP contribution in [0.2, 0.25) is 5.02 Å². The molecule has 0 aliphatic carbocycles. The topological polar surface area (TPSA) is 117 Å². The van der Waals surface area contributed by atoms with Crippen molar-refractivity contribution in [1.29, 1.82) is 5.26 Å². The van der Waals surface area contributed by atoms with Gasteiger partial charge in [-0.2, -0.15) is 9.65 Å². The number of nitrogens with zero attached hydrogens (tertiary/aromatic N) is 7. The maximum atomic E-state index is 13.8. The fourth-order valence-electron chi connectivity index (χ4n) is 3.88. The minimum absolute atomic E-state index is 0.0606. The summed E-state index contributed by atoms with van der Waals surface area (Å²) in [6.45, 7) is -0.531. The van der Waals surface area contributed by atoms with Crippen molar-refractivity contribution in [3.05, 3.63) is 94.9 Å². The van der Waals surface area contributed by atoms with Gasteiger partial charge in [-0.05, 0) is 23.8 Å². The van der Waals surface area contributed by atoms with Crippen molar-refractivity contribution in [1.82, 2.24) is 29.9 Å². The maximum Gasteiger partial charge on any atom is 0.249 e. The Labute approximate surface area is 218 Å². The highest BCUT2D eigenvalue weighted by molar-refractivity contribution is 6.36. The van der Waals surface area contributed by atoms with Gasteiger partial charge in [0.05, 0.1) is 52.5 Å². The third-order valence-electron chi connectivity index (χ3n) is 5.61. The molecule has 4 heterocycles. The van der Waals surface area contributed by atoms with Gasteiger partial charge in [0.25, 0.3) is 0 Å². The second kappa shape index (κ2) is 10.7. The first-order valence-electron chi connectivity index (χ1n) is 11.2. The van der Waals surface area contributed by atoms with Gasteiger partial charge in [-0.3, -0.25) is 9.97 Å². The summed E-state index contributed by atoms with van der Waals surface area (Å²) >= 11 is 6.58. The SMILES string of the molecule is N#Cc1cnc2c(Cl)cc(NC(c3cccnc3)c3cn(CCF)nn3)cc2c1Nc1cnc(F)c(F)c1. The number of nitriles is 1. The summed E-state index contributed by atoms with van der Waals surface area (Å²) in [5.41, 5.74) is 2.72. The van der Waals surface area contributed by atoms with Crippen molar-refractivity contribution >= 4 is 39.6 Å². The Morgan fingerprint density at radius 2 is 1.97 bits per heavy atom. The van der Waals surface area contributed by atoms with Crippen molar-refractivity contribution in [2.45, 2.75) is 12.6 Å². The average molecular weight is 536 g/mol. The zero-order valence-electron chi connectivity index (χ0n) is 19.4. The average Bonchev–Trinajstić information content (AvgIpc) is 3.38. The Morgan fingerprint density at radius 3 is 2.71 bits per heavy atom. The highest BCUT2D eigenvalue weighted by Gasteiger charge is 2.20. The quantitative estimate of drug-likeness (QED) is 0.256. The number of halogens is 4. The molecule has 38 heavy (non-hydrogen) atoms. The summed E-state index contributed by atoms with van der Waals surface area (Å²) in [5, 5.41) is 24.9. The summed E-state index contributed by atoms with van der Waals surface area (Å²) < 4.78 is 41.4. The predicted octanol–water partition coefficient (Wildman–Crippen LogP) is 5.33. The molecular formula is C25H17ClF3N9. The first kappa shape index (κ1) is 24.9. The number of fused-ring (bicyclic) bond motifs is 1. The van der Waals surface area contributed by atoms with Crippen LogP contribution in [0.3, 0.4) is 0 Å². The van der Waals surface area contributed by atoms with E-state index in [0.29, 0.717) is 22.3 Å². The van der Waals surface area contributed by atoms with Crippen LogP contribution in [0.25, 0.3) is 10.9 Å². The number of anilines is 3. The first-order chi connectivity index (χ1) is 18.5. The van der Waals surface area contributed by atoms with E-state index in [4.69, 9.17) is 11.6 Å². The van der Waals surface area contributed by atoms with Crippen LogP contribution in [0.1, 0.15) is 22.9 Å². The zero-order chi connectivity index (χ0) is 26.6. The van der Waals surface area contributed by atoms with Crippen LogP contribution in [-0.4, -0.2) is 36.6 Å². The lowest BCUT2D eigenvalue weighted by molar-refractivity contribution is 0.422. The molecule has 1 atom stereocenters. The summed E-state index contributed by atoms with van der Waals surface area (Å²) in [4.78, 5) is 11.9. The van der Waals surface area contributed by atoms with Crippen molar-refractivity contribution in [3.63, 3.8) is 0 Å². The number of aryl methyl sites for hydroxylation is 1. The number of alkyl halides is 1. The van der Waals surface area contributed by atoms with E-state index in [9.17, 15) is 18.4 Å². The zero-order valence-corrected chi connectivity index (χ0v) is 20.2. The number of hydrogen-bond acceptors (Lipinski definition) is 8. The molecule has 0 saturated carbocycles. The van der Waals surface area contributed by atoms with Gasteiger partial charge in [0.1, 0.15) is 18.4 Å². The fourth-order valence-corrected chi connectivity index (χ4v) is 4.15. The lowest BCUT2D eigenvalue weighted by Crippen LogP contribution is -2.13. The largest absolute Gasteiger partial charge is 0.373 e. The number of nitrogens with one attached hydrogen (secondary N) is 2. The summed E-state index contributed by atoms with van der Waals surface area (Å²) in [5.74, 6) is -2.39. The third-order valence-corrected chi connectivity index (χ3v) is 5.89. The van der Waals surface area contributed by atoms with Crippen LogP contribution in [0.15, 0.2) is 61.3 Å². The number of hydrogen-bond donors (Lipinski definition) is 2.